The third-order valence-corrected chi connectivity index (χ3v) is 2.88. The van der Waals surface area contributed by atoms with Crippen molar-refractivity contribution >= 4 is 0 Å². The van der Waals surface area contributed by atoms with Gasteiger partial charge in [-0.1, -0.05) is 35.7 Å². The van der Waals surface area contributed by atoms with Crippen molar-refractivity contribution in [1.82, 2.24) is 0 Å². The second kappa shape index (κ2) is 3.15. The maximum atomic E-state index is 10.3. The third-order valence-electron chi connectivity index (χ3n) is 2.88. The minimum Gasteiger partial charge on any atom is -0.373 e. The summed E-state index contributed by atoms with van der Waals surface area (Å²) in [6.45, 7) is 2.02. The number of aliphatic hydroxyl groups is 1. The van der Waals surface area contributed by atoms with Crippen LogP contribution in [0.1, 0.15) is 24.0 Å². The zero-order valence-electron chi connectivity index (χ0n) is 8.33. The summed E-state index contributed by atoms with van der Waals surface area (Å²) in [5, 5.41) is 10.3. The fourth-order valence-electron chi connectivity index (χ4n) is 1.75. The summed E-state index contributed by atoms with van der Waals surface area (Å²) in [7, 11) is 0. The van der Waals surface area contributed by atoms with Gasteiger partial charge in [-0.05, 0) is 25.3 Å². The Kier molecular flexibility index (Phi) is 2.09. The van der Waals surface area contributed by atoms with E-state index in [0.717, 1.165) is 18.4 Å². The highest BCUT2D eigenvalue weighted by molar-refractivity contribution is 5.34. The molecule has 0 saturated heterocycles. The largest absolute Gasteiger partial charge is 0.373 e. The van der Waals surface area contributed by atoms with Gasteiger partial charge in [0.15, 0.2) is 5.60 Å². The van der Waals surface area contributed by atoms with Gasteiger partial charge in [-0.25, -0.2) is 0 Å². The standard InChI is InChI=1S/C13H14O/c1-3-13(14,12-8-9-12)11-6-4-10(2)5-7-11/h1,4-7,12,14H,8-9H2,2H3. The molecular weight excluding hydrogens is 172 g/mol. The first kappa shape index (κ1) is 9.30. The Morgan fingerprint density at radius 2 is 1.93 bits per heavy atom. The molecule has 2 rings (SSSR count). The van der Waals surface area contributed by atoms with Crippen LogP contribution in [0.3, 0.4) is 0 Å². The molecule has 1 atom stereocenters. The molecule has 1 saturated carbocycles. The molecule has 1 aromatic carbocycles. The molecule has 1 aliphatic carbocycles. The van der Waals surface area contributed by atoms with E-state index in [1.165, 1.54) is 5.56 Å². The zero-order valence-corrected chi connectivity index (χ0v) is 8.33. The fourth-order valence-corrected chi connectivity index (χ4v) is 1.75. The fraction of sp³-hybridized carbons (Fsp3) is 0.385. The normalized spacial score (nSPS) is 19.8. The number of rotatable bonds is 2. The SMILES string of the molecule is C#CC(O)(c1ccc(C)cc1)C1CC1. The lowest BCUT2D eigenvalue weighted by Gasteiger charge is -2.22. The van der Waals surface area contributed by atoms with Crippen LogP contribution in [0.15, 0.2) is 24.3 Å². The van der Waals surface area contributed by atoms with Gasteiger partial charge >= 0.3 is 0 Å². The lowest BCUT2D eigenvalue weighted by Crippen LogP contribution is -2.25. The lowest BCUT2D eigenvalue weighted by molar-refractivity contribution is 0.0758. The molecule has 1 aliphatic rings. The van der Waals surface area contributed by atoms with Gasteiger partial charge in [-0.2, -0.15) is 0 Å². The van der Waals surface area contributed by atoms with E-state index >= 15 is 0 Å². The molecule has 1 N–H and O–H groups in total. The molecule has 1 aromatic rings. The first-order valence-electron chi connectivity index (χ1n) is 4.94. The van der Waals surface area contributed by atoms with Crippen molar-refractivity contribution in [2.24, 2.45) is 5.92 Å². The minimum absolute atomic E-state index is 0.259. The molecule has 0 amide bonds. The molecule has 1 fully saturated rings. The molecule has 0 heterocycles. The van der Waals surface area contributed by atoms with E-state index in [9.17, 15) is 5.11 Å². The van der Waals surface area contributed by atoms with Crippen molar-refractivity contribution in [1.29, 1.82) is 0 Å². The quantitative estimate of drug-likeness (QED) is 0.702. The van der Waals surface area contributed by atoms with Crippen LogP contribution in [-0.4, -0.2) is 5.11 Å². The first-order chi connectivity index (χ1) is 6.66. The van der Waals surface area contributed by atoms with E-state index < -0.39 is 5.60 Å². The van der Waals surface area contributed by atoms with Gasteiger partial charge in [0, 0.05) is 5.92 Å². The van der Waals surface area contributed by atoms with Crippen LogP contribution >= 0.6 is 0 Å². The summed E-state index contributed by atoms with van der Waals surface area (Å²) in [5.41, 5.74) is 1.00. The summed E-state index contributed by atoms with van der Waals surface area (Å²) in [4.78, 5) is 0. The van der Waals surface area contributed by atoms with Crippen molar-refractivity contribution in [2.45, 2.75) is 25.4 Å². The first-order valence-corrected chi connectivity index (χ1v) is 4.94. The van der Waals surface area contributed by atoms with Crippen molar-refractivity contribution in [2.75, 3.05) is 0 Å². The molecule has 0 spiro atoms. The summed E-state index contributed by atoms with van der Waals surface area (Å²) in [5.74, 6) is 2.79. The van der Waals surface area contributed by atoms with Crippen molar-refractivity contribution in [3.05, 3.63) is 35.4 Å². The molecule has 0 aromatic heterocycles. The number of aryl methyl sites for hydroxylation is 1. The van der Waals surface area contributed by atoms with Crippen molar-refractivity contribution < 1.29 is 5.11 Å². The van der Waals surface area contributed by atoms with Gasteiger partial charge in [0.05, 0.1) is 0 Å². The summed E-state index contributed by atoms with van der Waals surface area (Å²) in [6.07, 6.45) is 7.49. The number of hydrogen-bond acceptors (Lipinski definition) is 1. The predicted molar refractivity (Wildman–Crippen MR) is 56.6 cm³/mol. The van der Waals surface area contributed by atoms with E-state index in [4.69, 9.17) is 6.42 Å². The van der Waals surface area contributed by atoms with Gasteiger partial charge in [0.2, 0.25) is 0 Å². The number of hydrogen-bond donors (Lipinski definition) is 1. The lowest BCUT2D eigenvalue weighted by atomic mass is 9.89. The molecule has 72 valence electrons. The van der Waals surface area contributed by atoms with Gasteiger partial charge in [-0.3, -0.25) is 0 Å². The van der Waals surface area contributed by atoms with Crippen LogP contribution in [0.4, 0.5) is 0 Å². The van der Waals surface area contributed by atoms with E-state index in [1.807, 2.05) is 31.2 Å². The Hall–Kier alpha value is -1.26. The van der Waals surface area contributed by atoms with Crippen LogP contribution in [0.2, 0.25) is 0 Å². The minimum atomic E-state index is -1.03. The second-order valence-corrected chi connectivity index (χ2v) is 4.05. The summed E-state index contributed by atoms with van der Waals surface area (Å²) < 4.78 is 0. The highest BCUT2D eigenvalue weighted by Crippen LogP contribution is 2.45. The van der Waals surface area contributed by atoms with Crippen LogP contribution in [0.5, 0.6) is 0 Å². The van der Waals surface area contributed by atoms with Gasteiger partial charge in [0.1, 0.15) is 0 Å². The smallest absolute Gasteiger partial charge is 0.153 e. The van der Waals surface area contributed by atoms with Crippen molar-refractivity contribution in [3.63, 3.8) is 0 Å². The van der Waals surface area contributed by atoms with Gasteiger partial charge in [-0.15, -0.1) is 6.42 Å². The van der Waals surface area contributed by atoms with Gasteiger partial charge in [0.25, 0.3) is 0 Å². The molecular formula is C13H14O. The van der Waals surface area contributed by atoms with E-state index in [1.54, 1.807) is 0 Å². The van der Waals surface area contributed by atoms with Crippen LogP contribution in [0, 0.1) is 25.2 Å². The Labute approximate surface area is 84.8 Å². The molecule has 1 heteroatoms. The van der Waals surface area contributed by atoms with Crippen LogP contribution in [-0.2, 0) is 5.60 Å². The van der Waals surface area contributed by atoms with Gasteiger partial charge < -0.3 is 5.11 Å². The Bertz CT molecular complexity index is 367. The molecule has 14 heavy (non-hydrogen) atoms. The molecule has 0 aliphatic heterocycles. The third kappa shape index (κ3) is 1.42. The molecule has 1 unspecified atom stereocenters. The maximum absolute atomic E-state index is 10.3. The number of terminal acetylenes is 1. The number of benzene rings is 1. The topological polar surface area (TPSA) is 20.2 Å². The monoisotopic (exact) mass is 186 g/mol. The Balaban J connectivity index is 2.37. The molecule has 1 nitrogen and oxygen atoms in total. The van der Waals surface area contributed by atoms with Crippen LogP contribution in [0.25, 0.3) is 0 Å². The molecule has 0 radical (unpaired) electrons. The van der Waals surface area contributed by atoms with Crippen molar-refractivity contribution in [3.8, 4) is 12.3 Å². The average Bonchev–Trinajstić information content (AvgIpc) is 3.01. The predicted octanol–water partition coefficient (Wildman–Crippen LogP) is 2.23. The van der Waals surface area contributed by atoms with Crippen LogP contribution < -0.4 is 0 Å². The second-order valence-electron chi connectivity index (χ2n) is 4.05. The Morgan fingerprint density at radius 3 is 2.36 bits per heavy atom. The Morgan fingerprint density at radius 1 is 1.36 bits per heavy atom. The van der Waals surface area contributed by atoms with E-state index in [-0.39, 0.29) is 5.92 Å². The average molecular weight is 186 g/mol. The summed E-state index contributed by atoms with van der Waals surface area (Å²) in [6, 6.07) is 7.82. The maximum Gasteiger partial charge on any atom is 0.153 e. The zero-order chi connectivity index (χ0) is 10.2. The molecule has 0 bridgehead atoms. The summed E-state index contributed by atoms with van der Waals surface area (Å²) >= 11 is 0. The highest BCUT2D eigenvalue weighted by Gasteiger charge is 2.43. The van der Waals surface area contributed by atoms with E-state index in [2.05, 4.69) is 5.92 Å². The van der Waals surface area contributed by atoms with E-state index in [0.29, 0.717) is 0 Å². The highest BCUT2D eigenvalue weighted by atomic mass is 16.3.